The molecule has 2 aliphatic carbocycles. The monoisotopic (exact) mass is 1390 g/mol. The van der Waals surface area contributed by atoms with Crippen molar-refractivity contribution in [3.8, 4) is 22.3 Å². The number of hydrogen-bond acceptors (Lipinski definition) is 10. The summed E-state index contributed by atoms with van der Waals surface area (Å²) >= 11 is 0.383. The van der Waals surface area contributed by atoms with E-state index >= 15 is 0 Å². The number of benzene rings is 6. The highest BCUT2D eigenvalue weighted by Crippen LogP contribution is 2.37. The van der Waals surface area contributed by atoms with Crippen LogP contribution >= 0.6 is 23.5 Å². The molecule has 0 bridgehead atoms. The van der Waals surface area contributed by atoms with E-state index in [9.17, 15) is 54.3 Å². The largest absolute Gasteiger partial charge is 0.416 e. The summed E-state index contributed by atoms with van der Waals surface area (Å²) in [5, 5.41) is -1.07. The van der Waals surface area contributed by atoms with E-state index < -0.39 is 284 Å². The number of amides is 2. The van der Waals surface area contributed by atoms with Crippen molar-refractivity contribution >= 4 is 35.3 Å². The lowest BCUT2D eigenvalue weighted by atomic mass is 9.98. The maximum absolute atomic E-state index is 14.7. The number of fused-ring (bicyclic) bond motifs is 2. The van der Waals surface area contributed by atoms with Gasteiger partial charge in [0.2, 0.25) is 11.8 Å². The molecule has 8 aromatic rings. The Bertz CT molecular complexity index is 5580. The third-order valence-corrected chi connectivity index (χ3v) is 16.9. The van der Waals surface area contributed by atoms with Gasteiger partial charge in [-0.05, 0) is 170 Å². The molecule has 10 rings (SSSR count). The molecule has 0 unspecified atom stereocenters. The SMILES string of the molecule is [2H]c1c([2H])c(-c2c([2H])c([2H])c(C(F)(F)F)c(C)c2[2H])c([2H])c([2H])c1CN(CCN(CC)CC)C(=O)Cn1c(SC([2H])([2H])c2ccc(F)cc2)nc(=O)c2c1C([2H])([2H])C([2H])([2H])C2([2H])[2H].[2H]c1c([2H])c(C([2H])([2H])Sc2nc(=O)c3c(n2CC(=O)N(CCN(CC)CC)Cc2c([2H])c([2H])c(-c4c([2H])c([2H])c(C(F)(F)F)c(C)c4[2H])c([2H])c2[2H])CCC3)c([2H])c([2H])c1F. The predicted molar refractivity (Wildman–Crippen MR) is 363 cm³/mol. The van der Waals surface area contributed by atoms with Crippen molar-refractivity contribution < 1.29 is 83.1 Å². The van der Waals surface area contributed by atoms with Crippen LogP contribution in [0.1, 0.15) is 146 Å². The molecule has 0 saturated carbocycles. The summed E-state index contributed by atoms with van der Waals surface area (Å²) in [5.74, 6) is -3.95. The van der Waals surface area contributed by atoms with E-state index in [1.54, 1.807) is 13.8 Å². The summed E-state index contributed by atoms with van der Waals surface area (Å²) in [6.07, 6.45) is -19.4. The van der Waals surface area contributed by atoms with E-state index in [0.717, 1.165) is 43.0 Å². The van der Waals surface area contributed by atoms with Crippen LogP contribution in [0, 0.1) is 25.5 Å². The van der Waals surface area contributed by atoms with E-state index in [1.807, 2.05) is 23.6 Å². The first-order chi connectivity index (χ1) is 57.2. The third kappa shape index (κ3) is 18.8. The van der Waals surface area contributed by atoms with Crippen LogP contribution in [-0.4, -0.2) is 103 Å². The van der Waals surface area contributed by atoms with Crippen molar-refractivity contribution in [3.05, 3.63) is 232 Å². The van der Waals surface area contributed by atoms with Crippen molar-refractivity contribution in [3.63, 3.8) is 0 Å². The summed E-state index contributed by atoms with van der Waals surface area (Å²) in [6.45, 7) is 8.22. The van der Waals surface area contributed by atoms with Crippen LogP contribution in [-0.2, 0) is 85.1 Å². The summed E-state index contributed by atoms with van der Waals surface area (Å²) in [7, 11) is 0. The van der Waals surface area contributed by atoms with Gasteiger partial charge in [0.1, 0.15) is 24.7 Å². The number of rotatable bonds is 26. The number of carbonyl (C=O) groups is 2. The summed E-state index contributed by atoms with van der Waals surface area (Å²) in [6, 6.07) is -13.6. The summed E-state index contributed by atoms with van der Waals surface area (Å²) < 4.78 is 353. The highest BCUT2D eigenvalue weighted by atomic mass is 32.2. The molecule has 0 saturated heterocycles. The lowest BCUT2D eigenvalue weighted by Crippen LogP contribution is -2.40. The molecular weight excluding hydrogens is 1280 g/mol. The fourth-order valence-electron chi connectivity index (χ4n) is 9.99. The van der Waals surface area contributed by atoms with Crippen molar-refractivity contribution in [2.75, 3.05) is 52.4 Å². The van der Waals surface area contributed by atoms with E-state index in [2.05, 4.69) is 9.97 Å². The molecule has 6 aromatic carbocycles. The number of nitrogens with zero attached hydrogens (tertiary/aromatic N) is 8. The molecule has 2 aliphatic rings. The van der Waals surface area contributed by atoms with Gasteiger partial charge in [0, 0.05) is 86.9 Å². The molecule has 0 spiro atoms. The molecule has 12 nitrogen and oxygen atoms in total. The van der Waals surface area contributed by atoms with E-state index in [1.165, 1.54) is 9.47 Å². The quantitative estimate of drug-likeness (QED) is 0.0295. The molecule has 2 heterocycles. The average molecular weight is 1390 g/mol. The van der Waals surface area contributed by atoms with Crippen LogP contribution in [0.2, 0.25) is 0 Å². The predicted octanol–water partition coefficient (Wildman–Crippen LogP) is 15.1. The fourth-order valence-corrected chi connectivity index (χ4v) is 11.4. The molecule has 508 valence electrons. The van der Waals surface area contributed by atoms with Gasteiger partial charge in [-0.15, -0.1) is 0 Å². The number of alkyl halides is 6. The molecule has 2 amide bonds. The van der Waals surface area contributed by atoms with E-state index in [4.69, 9.17) is 38.4 Å². The molecule has 96 heavy (non-hydrogen) atoms. The van der Waals surface area contributed by atoms with Crippen molar-refractivity contribution in [1.82, 2.24) is 38.7 Å². The smallest absolute Gasteiger partial charge is 0.336 e. The number of carbonyl (C=O) groups excluding carboxylic acids is 2. The molecule has 0 fully saturated rings. The third-order valence-electron chi connectivity index (χ3n) is 15.2. The van der Waals surface area contributed by atoms with Crippen LogP contribution < -0.4 is 11.1 Å². The van der Waals surface area contributed by atoms with Gasteiger partial charge in [-0.3, -0.25) is 19.2 Å². The second-order valence-electron chi connectivity index (χ2n) is 21.4. The van der Waals surface area contributed by atoms with Gasteiger partial charge in [0.25, 0.3) is 11.1 Å². The summed E-state index contributed by atoms with van der Waals surface area (Å²) in [5.41, 5.74) is -18.4. The van der Waals surface area contributed by atoms with E-state index in [-0.39, 0.29) is 84.4 Å². The Balaban J connectivity index is 0.000000281. The maximum atomic E-state index is 14.7. The molecule has 0 radical (unpaired) electrons. The van der Waals surface area contributed by atoms with Gasteiger partial charge >= 0.3 is 12.4 Å². The molecule has 0 atom stereocenters. The fraction of sp³-hybridized carbons (Fsp3) is 0.378. The average Bonchev–Trinajstić information content (AvgIpc) is 1.52. The Labute approximate surface area is 603 Å². The number of halogens is 8. The molecule has 2 aromatic heterocycles. The van der Waals surface area contributed by atoms with Crippen LogP contribution in [0.4, 0.5) is 35.1 Å². The minimum absolute atomic E-state index is 0.0620. The zero-order valence-corrected chi connectivity index (χ0v) is 54.1. The lowest BCUT2D eigenvalue weighted by molar-refractivity contribution is -0.138. The maximum Gasteiger partial charge on any atom is 0.416 e. The second kappa shape index (κ2) is 32.9. The minimum atomic E-state index is -5.13. The van der Waals surface area contributed by atoms with Crippen LogP contribution in [0.5, 0.6) is 0 Å². The van der Waals surface area contributed by atoms with Crippen molar-refractivity contribution in [2.45, 2.75) is 140 Å². The van der Waals surface area contributed by atoms with Gasteiger partial charge in [-0.2, -0.15) is 36.3 Å². The highest BCUT2D eigenvalue weighted by molar-refractivity contribution is 7.98. The van der Waals surface area contributed by atoms with Gasteiger partial charge in [0.15, 0.2) is 10.3 Å². The molecular formula is C74H80F8N8O4S2. The first-order valence-corrected chi connectivity index (χ1v) is 31.6. The summed E-state index contributed by atoms with van der Waals surface area (Å²) in [4.78, 5) is 69.8. The first-order valence-electron chi connectivity index (χ1n) is 43.9. The van der Waals surface area contributed by atoms with Gasteiger partial charge in [0.05, 0.1) is 35.8 Å². The highest BCUT2D eigenvalue weighted by Gasteiger charge is 2.34. The number of aromatic nitrogens is 4. The van der Waals surface area contributed by atoms with Crippen LogP contribution in [0.3, 0.4) is 0 Å². The zero-order chi connectivity index (χ0) is 93.5. The van der Waals surface area contributed by atoms with Crippen molar-refractivity contribution in [1.29, 1.82) is 0 Å². The minimum Gasteiger partial charge on any atom is -0.336 e. The zero-order valence-electron chi connectivity index (χ0n) is 80.5. The first kappa shape index (κ1) is 43.4. The van der Waals surface area contributed by atoms with E-state index in [0.29, 0.717) is 42.9 Å². The Morgan fingerprint density at radius 3 is 1.42 bits per heavy atom. The standard InChI is InChI=1S/2C37H40F4N4O2S/c2*1-4-43(5-2)19-20-44(22-26-9-13-28(14-10-26)29-15-18-32(25(3)21-29)37(39,40)41)34(46)23-45-33-8-6-7-31(33)35(47)42-36(45)48-24-27-11-16-30(38)17-12-27/h2*9-18,21H,4-8,19-20,22-24H2,1-3H3/i9D,10D,11D,12D,13D,14D,15D,16D,17D,18D,21D,24D2;6D2,7D2,8D2,9D,10D,13D,14D,15D,18D,21D,24D2. The van der Waals surface area contributed by atoms with Gasteiger partial charge in [-0.1, -0.05) is 148 Å². The topological polar surface area (TPSA) is 117 Å². The Morgan fingerprint density at radius 2 is 0.958 bits per heavy atom. The van der Waals surface area contributed by atoms with Gasteiger partial charge < -0.3 is 28.7 Å². The Kier molecular flexibility index (Phi) is 14.9. The second-order valence-corrected chi connectivity index (χ2v) is 23.0. The van der Waals surface area contributed by atoms with Crippen LogP contribution in [0.15, 0.2) is 153 Å². The molecule has 0 N–H and O–H groups in total. The number of likely N-dealkylation sites (N-methyl/N-ethyl adjacent to an activating group) is 2. The number of hydrogen-bond donors (Lipinski definition) is 0. The Morgan fingerprint density at radius 1 is 0.531 bits per heavy atom. The normalized spacial score (nSPS) is 18.9. The van der Waals surface area contributed by atoms with Crippen molar-refractivity contribution in [2.24, 2.45) is 0 Å². The Hall–Kier alpha value is -7.92. The molecule has 0 aliphatic heterocycles. The molecule has 22 heteroatoms. The van der Waals surface area contributed by atoms with Crippen LogP contribution in [0.25, 0.3) is 22.3 Å². The van der Waals surface area contributed by atoms with Gasteiger partial charge in [-0.25, -0.2) is 8.78 Å². The lowest BCUT2D eigenvalue weighted by Gasteiger charge is -2.28. The number of thioether (sulfide) groups is 2.